The van der Waals surface area contributed by atoms with Crippen molar-refractivity contribution in [3.05, 3.63) is 47.2 Å². The van der Waals surface area contributed by atoms with Crippen molar-refractivity contribution in [3.63, 3.8) is 0 Å². The van der Waals surface area contributed by atoms with Crippen molar-refractivity contribution in [1.29, 1.82) is 0 Å². The van der Waals surface area contributed by atoms with Gasteiger partial charge in [-0.05, 0) is 23.8 Å². The molecule has 0 bridgehead atoms. The van der Waals surface area contributed by atoms with E-state index in [0.717, 1.165) is 22.5 Å². The number of methoxy groups -OCH3 is 2. The second kappa shape index (κ2) is 6.68. The molecule has 1 aromatic carbocycles. The standard InChI is InChI=1S/C17H19ClN4O2/c1-23-15-7-16(24-2)12(18)6-11(15)14-9-22-4-3-10(13(20)8-19)5-17(22)21-14/h3-7,9,13H,8,19-20H2,1-2H3. The molecule has 7 heteroatoms. The number of rotatable bonds is 5. The van der Waals surface area contributed by atoms with E-state index in [2.05, 4.69) is 4.98 Å². The molecular formula is C17H19ClN4O2. The number of pyridine rings is 1. The number of imidazole rings is 1. The quantitative estimate of drug-likeness (QED) is 0.741. The van der Waals surface area contributed by atoms with E-state index >= 15 is 0 Å². The maximum Gasteiger partial charge on any atom is 0.141 e. The second-order valence-corrected chi connectivity index (χ2v) is 5.79. The lowest BCUT2D eigenvalue weighted by atomic mass is 10.1. The van der Waals surface area contributed by atoms with Crippen LogP contribution in [0.1, 0.15) is 11.6 Å². The third kappa shape index (κ3) is 2.91. The molecule has 0 saturated heterocycles. The highest BCUT2D eigenvalue weighted by Crippen LogP contribution is 2.38. The zero-order chi connectivity index (χ0) is 17.3. The Morgan fingerprint density at radius 3 is 2.62 bits per heavy atom. The summed E-state index contributed by atoms with van der Waals surface area (Å²) in [6.45, 7) is 0.381. The first-order valence-corrected chi connectivity index (χ1v) is 7.81. The van der Waals surface area contributed by atoms with E-state index in [1.54, 1.807) is 26.4 Å². The molecule has 0 aliphatic rings. The van der Waals surface area contributed by atoms with Crippen molar-refractivity contribution < 1.29 is 9.47 Å². The minimum Gasteiger partial charge on any atom is -0.496 e. The molecule has 126 valence electrons. The molecule has 0 fully saturated rings. The zero-order valence-corrected chi connectivity index (χ0v) is 14.2. The minimum absolute atomic E-state index is 0.208. The van der Waals surface area contributed by atoms with E-state index in [9.17, 15) is 0 Å². The van der Waals surface area contributed by atoms with Crippen LogP contribution >= 0.6 is 11.6 Å². The van der Waals surface area contributed by atoms with Crippen LogP contribution in [-0.2, 0) is 0 Å². The maximum absolute atomic E-state index is 6.25. The average molecular weight is 347 g/mol. The van der Waals surface area contributed by atoms with Gasteiger partial charge in [-0.3, -0.25) is 0 Å². The smallest absolute Gasteiger partial charge is 0.141 e. The number of nitrogens with zero attached hydrogens (tertiary/aromatic N) is 2. The van der Waals surface area contributed by atoms with E-state index in [1.807, 2.05) is 28.9 Å². The first-order chi connectivity index (χ1) is 11.6. The summed E-state index contributed by atoms with van der Waals surface area (Å²) < 4.78 is 12.6. The van der Waals surface area contributed by atoms with Crippen LogP contribution in [0.4, 0.5) is 0 Å². The summed E-state index contributed by atoms with van der Waals surface area (Å²) in [5.41, 5.74) is 14.9. The van der Waals surface area contributed by atoms with Gasteiger partial charge in [-0.15, -0.1) is 0 Å². The Morgan fingerprint density at radius 1 is 1.21 bits per heavy atom. The Balaban J connectivity index is 2.11. The molecule has 1 atom stereocenters. The topological polar surface area (TPSA) is 87.8 Å². The summed E-state index contributed by atoms with van der Waals surface area (Å²) in [5, 5.41) is 0.496. The van der Waals surface area contributed by atoms with Crippen molar-refractivity contribution >= 4 is 17.2 Å². The fourth-order valence-electron chi connectivity index (χ4n) is 2.55. The first kappa shape index (κ1) is 16.6. The Kier molecular flexibility index (Phi) is 4.62. The molecule has 24 heavy (non-hydrogen) atoms. The summed E-state index contributed by atoms with van der Waals surface area (Å²) in [6.07, 6.45) is 3.82. The molecule has 1 unspecified atom stereocenters. The number of ether oxygens (including phenoxy) is 2. The van der Waals surface area contributed by atoms with Crippen LogP contribution in [0.5, 0.6) is 11.5 Å². The van der Waals surface area contributed by atoms with Gasteiger partial charge in [0.1, 0.15) is 17.1 Å². The predicted octanol–water partition coefficient (Wildman–Crippen LogP) is 2.63. The third-order valence-electron chi connectivity index (χ3n) is 3.92. The van der Waals surface area contributed by atoms with Gasteiger partial charge in [0.05, 0.1) is 24.9 Å². The van der Waals surface area contributed by atoms with E-state index in [1.165, 1.54) is 0 Å². The maximum atomic E-state index is 6.25. The van der Waals surface area contributed by atoms with Crippen molar-refractivity contribution in [2.24, 2.45) is 11.5 Å². The lowest BCUT2D eigenvalue weighted by Crippen LogP contribution is -2.20. The highest BCUT2D eigenvalue weighted by molar-refractivity contribution is 6.32. The van der Waals surface area contributed by atoms with E-state index in [4.69, 9.17) is 32.5 Å². The van der Waals surface area contributed by atoms with Crippen LogP contribution in [0.15, 0.2) is 36.7 Å². The fourth-order valence-corrected chi connectivity index (χ4v) is 2.80. The molecule has 0 aliphatic heterocycles. The molecule has 0 radical (unpaired) electrons. The van der Waals surface area contributed by atoms with Gasteiger partial charge >= 0.3 is 0 Å². The van der Waals surface area contributed by atoms with Gasteiger partial charge < -0.3 is 25.3 Å². The number of halogens is 1. The lowest BCUT2D eigenvalue weighted by Gasteiger charge is -2.10. The molecule has 0 aliphatic carbocycles. The van der Waals surface area contributed by atoms with Crippen molar-refractivity contribution in [2.75, 3.05) is 20.8 Å². The molecule has 3 rings (SSSR count). The molecule has 4 N–H and O–H groups in total. The van der Waals surface area contributed by atoms with E-state index in [-0.39, 0.29) is 6.04 Å². The van der Waals surface area contributed by atoms with Crippen molar-refractivity contribution in [2.45, 2.75) is 6.04 Å². The molecular weight excluding hydrogens is 328 g/mol. The molecule has 2 heterocycles. The van der Waals surface area contributed by atoms with Gasteiger partial charge in [0.2, 0.25) is 0 Å². The van der Waals surface area contributed by atoms with Crippen LogP contribution in [0.25, 0.3) is 16.9 Å². The van der Waals surface area contributed by atoms with Crippen LogP contribution in [0, 0.1) is 0 Å². The molecule has 0 spiro atoms. The molecule has 2 aromatic heterocycles. The van der Waals surface area contributed by atoms with Gasteiger partial charge in [0.15, 0.2) is 0 Å². The monoisotopic (exact) mass is 346 g/mol. The van der Waals surface area contributed by atoms with Crippen LogP contribution in [0.2, 0.25) is 5.02 Å². The van der Waals surface area contributed by atoms with Crippen molar-refractivity contribution in [3.8, 4) is 22.8 Å². The molecule has 0 amide bonds. The highest BCUT2D eigenvalue weighted by atomic mass is 35.5. The Morgan fingerprint density at radius 2 is 1.96 bits per heavy atom. The first-order valence-electron chi connectivity index (χ1n) is 7.43. The van der Waals surface area contributed by atoms with Gasteiger partial charge in [0, 0.05) is 36.6 Å². The number of nitrogens with two attached hydrogens (primary N) is 2. The fraction of sp³-hybridized carbons (Fsp3) is 0.235. The highest BCUT2D eigenvalue weighted by Gasteiger charge is 2.15. The number of hydrogen-bond acceptors (Lipinski definition) is 5. The largest absolute Gasteiger partial charge is 0.496 e. The van der Waals surface area contributed by atoms with Crippen LogP contribution in [0.3, 0.4) is 0 Å². The normalized spacial score (nSPS) is 12.4. The number of aromatic nitrogens is 2. The zero-order valence-electron chi connectivity index (χ0n) is 13.5. The second-order valence-electron chi connectivity index (χ2n) is 5.38. The number of hydrogen-bond donors (Lipinski definition) is 2. The molecule has 6 nitrogen and oxygen atoms in total. The lowest BCUT2D eigenvalue weighted by molar-refractivity contribution is 0.395. The Labute approximate surface area is 144 Å². The Hall–Kier alpha value is -2.28. The summed E-state index contributed by atoms with van der Waals surface area (Å²) >= 11 is 6.25. The van der Waals surface area contributed by atoms with Gasteiger partial charge in [-0.25, -0.2) is 4.98 Å². The number of benzene rings is 1. The SMILES string of the molecule is COc1cc(OC)c(-c2cn3ccc(C(N)CN)cc3n2)cc1Cl. The van der Waals surface area contributed by atoms with E-state index < -0.39 is 0 Å². The number of fused-ring (bicyclic) bond motifs is 1. The van der Waals surface area contributed by atoms with Gasteiger partial charge in [-0.2, -0.15) is 0 Å². The van der Waals surface area contributed by atoms with Crippen LogP contribution in [-0.4, -0.2) is 30.1 Å². The van der Waals surface area contributed by atoms with Crippen LogP contribution < -0.4 is 20.9 Å². The van der Waals surface area contributed by atoms with Crippen molar-refractivity contribution in [1.82, 2.24) is 9.38 Å². The average Bonchev–Trinajstić information content (AvgIpc) is 3.03. The third-order valence-corrected chi connectivity index (χ3v) is 4.21. The summed E-state index contributed by atoms with van der Waals surface area (Å²) in [6, 6.07) is 7.19. The molecule has 0 saturated carbocycles. The summed E-state index contributed by atoms with van der Waals surface area (Å²) in [4.78, 5) is 4.65. The molecule has 3 aromatic rings. The Bertz CT molecular complexity index is 878. The summed E-state index contributed by atoms with van der Waals surface area (Å²) in [5.74, 6) is 1.19. The van der Waals surface area contributed by atoms with Gasteiger partial charge in [0.25, 0.3) is 0 Å². The van der Waals surface area contributed by atoms with Gasteiger partial charge in [-0.1, -0.05) is 11.6 Å². The minimum atomic E-state index is -0.208. The summed E-state index contributed by atoms with van der Waals surface area (Å²) in [7, 11) is 3.16. The predicted molar refractivity (Wildman–Crippen MR) is 94.7 cm³/mol. The van der Waals surface area contributed by atoms with E-state index in [0.29, 0.717) is 23.1 Å².